The Kier molecular flexibility index (Phi) is 4.54. The highest BCUT2D eigenvalue weighted by molar-refractivity contribution is 5.72. The first-order valence-corrected chi connectivity index (χ1v) is 5.56. The maximum absolute atomic E-state index is 11.4. The molecule has 0 aromatic rings. The highest BCUT2D eigenvalue weighted by Gasteiger charge is 2.28. The molecule has 4 nitrogen and oxygen atoms in total. The van der Waals surface area contributed by atoms with Crippen LogP contribution in [-0.4, -0.2) is 48.3 Å². The Labute approximate surface area is 91.2 Å². The Bertz CT molecular complexity index is 212. The van der Waals surface area contributed by atoms with Crippen LogP contribution >= 0.6 is 0 Å². The van der Waals surface area contributed by atoms with Crippen LogP contribution in [0.5, 0.6) is 0 Å². The van der Waals surface area contributed by atoms with Crippen LogP contribution in [0.3, 0.4) is 0 Å². The molecule has 1 fully saturated rings. The minimum atomic E-state index is -0.165. The summed E-state index contributed by atoms with van der Waals surface area (Å²) in [7, 11) is 1.42. The molecule has 0 aromatic heterocycles. The minimum absolute atomic E-state index is 0.106. The van der Waals surface area contributed by atoms with E-state index in [4.69, 9.17) is 4.74 Å². The van der Waals surface area contributed by atoms with Crippen LogP contribution in [0.25, 0.3) is 0 Å². The van der Waals surface area contributed by atoms with Crippen molar-refractivity contribution in [3.8, 4) is 0 Å². The number of rotatable bonds is 3. The van der Waals surface area contributed by atoms with Gasteiger partial charge in [-0.2, -0.15) is 0 Å². The summed E-state index contributed by atoms with van der Waals surface area (Å²) in [5, 5.41) is 9.38. The summed E-state index contributed by atoms with van der Waals surface area (Å²) in [6, 6.07) is 0.185. The Morgan fingerprint density at radius 3 is 2.40 bits per heavy atom. The lowest BCUT2D eigenvalue weighted by Crippen LogP contribution is -2.46. The second-order valence-electron chi connectivity index (χ2n) is 4.32. The van der Waals surface area contributed by atoms with E-state index in [-0.39, 0.29) is 24.0 Å². The second-order valence-corrected chi connectivity index (χ2v) is 4.32. The number of carbonyl (C=O) groups excluding carboxylic acids is 1. The molecular formula is C11H21NO3. The average molecular weight is 215 g/mol. The quantitative estimate of drug-likeness (QED) is 0.702. The van der Waals surface area contributed by atoms with Gasteiger partial charge in [0.05, 0.1) is 19.1 Å². The zero-order valence-electron chi connectivity index (χ0n) is 9.77. The van der Waals surface area contributed by atoms with Crippen LogP contribution in [0.4, 0.5) is 0 Å². The molecule has 0 saturated carbocycles. The minimum Gasteiger partial charge on any atom is -0.469 e. The molecule has 0 spiro atoms. The highest BCUT2D eigenvalue weighted by Crippen LogP contribution is 2.18. The van der Waals surface area contributed by atoms with Crippen LogP contribution in [0.1, 0.15) is 26.7 Å². The van der Waals surface area contributed by atoms with Gasteiger partial charge >= 0.3 is 5.97 Å². The molecule has 1 saturated heterocycles. The Hall–Kier alpha value is -0.610. The lowest BCUT2D eigenvalue weighted by molar-refractivity contribution is -0.147. The van der Waals surface area contributed by atoms with Gasteiger partial charge in [-0.05, 0) is 19.8 Å². The third kappa shape index (κ3) is 3.18. The van der Waals surface area contributed by atoms with Gasteiger partial charge in [0.15, 0.2) is 0 Å². The summed E-state index contributed by atoms with van der Waals surface area (Å²) < 4.78 is 4.73. The lowest BCUT2D eigenvalue weighted by atomic mass is 9.98. The fourth-order valence-corrected chi connectivity index (χ4v) is 1.99. The smallest absolute Gasteiger partial charge is 0.309 e. The number of nitrogens with zero attached hydrogens (tertiary/aromatic N) is 1. The van der Waals surface area contributed by atoms with E-state index < -0.39 is 0 Å². The van der Waals surface area contributed by atoms with E-state index in [1.807, 2.05) is 13.8 Å². The van der Waals surface area contributed by atoms with Crippen molar-refractivity contribution >= 4 is 5.97 Å². The van der Waals surface area contributed by atoms with E-state index in [1.165, 1.54) is 7.11 Å². The monoisotopic (exact) mass is 215 g/mol. The number of hydrogen-bond donors (Lipinski definition) is 1. The van der Waals surface area contributed by atoms with Crippen LogP contribution in [0, 0.1) is 5.92 Å². The summed E-state index contributed by atoms with van der Waals surface area (Å²) in [6.45, 7) is 5.66. The molecule has 15 heavy (non-hydrogen) atoms. The van der Waals surface area contributed by atoms with Crippen molar-refractivity contribution < 1.29 is 14.6 Å². The van der Waals surface area contributed by atoms with Crippen LogP contribution in [0.15, 0.2) is 0 Å². The van der Waals surface area contributed by atoms with Crippen molar-refractivity contribution in [1.82, 2.24) is 4.90 Å². The molecule has 1 heterocycles. The van der Waals surface area contributed by atoms with Gasteiger partial charge in [-0.25, -0.2) is 0 Å². The Morgan fingerprint density at radius 2 is 1.93 bits per heavy atom. The number of likely N-dealkylation sites (tertiary alicyclic amines) is 1. The number of aliphatic hydroxyl groups excluding tert-OH is 1. The molecule has 1 N–H and O–H groups in total. The zero-order chi connectivity index (χ0) is 11.4. The number of ether oxygens (including phenoxy) is 1. The van der Waals surface area contributed by atoms with Crippen molar-refractivity contribution in [2.24, 2.45) is 5.92 Å². The van der Waals surface area contributed by atoms with E-state index in [0.29, 0.717) is 0 Å². The molecule has 2 atom stereocenters. The molecule has 1 rings (SSSR count). The van der Waals surface area contributed by atoms with E-state index in [0.717, 1.165) is 25.9 Å². The van der Waals surface area contributed by atoms with E-state index in [2.05, 4.69) is 4.90 Å². The standard InChI is InChI=1S/C11H21NO3/c1-8(11(14)15-3)9(2)12-6-4-10(13)5-7-12/h8-10,13H,4-7H2,1-3H3. The first-order chi connectivity index (χ1) is 7.06. The first-order valence-electron chi connectivity index (χ1n) is 5.56. The third-order valence-corrected chi connectivity index (χ3v) is 3.37. The SMILES string of the molecule is COC(=O)C(C)C(C)N1CCC(O)CC1. The maximum Gasteiger partial charge on any atom is 0.309 e. The van der Waals surface area contributed by atoms with E-state index in [9.17, 15) is 9.90 Å². The molecule has 88 valence electrons. The van der Waals surface area contributed by atoms with Crippen LogP contribution in [-0.2, 0) is 9.53 Å². The molecule has 4 heteroatoms. The molecule has 0 radical (unpaired) electrons. The molecule has 1 aliphatic heterocycles. The molecule has 0 aromatic carbocycles. The van der Waals surface area contributed by atoms with Crippen molar-refractivity contribution in [1.29, 1.82) is 0 Å². The van der Waals surface area contributed by atoms with Gasteiger partial charge in [0.1, 0.15) is 0 Å². The zero-order valence-corrected chi connectivity index (χ0v) is 9.77. The van der Waals surface area contributed by atoms with Gasteiger partial charge in [-0.15, -0.1) is 0 Å². The Morgan fingerprint density at radius 1 is 1.40 bits per heavy atom. The largest absolute Gasteiger partial charge is 0.469 e. The van der Waals surface area contributed by atoms with E-state index in [1.54, 1.807) is 0 Å². The topological polar surface area (TPSA) is 49.8 Å². The predicted octanol–water partition coefficient (Wildman–Crippen LogP) is 0.641. The van der Waals surface area contributed by atoms with Gasteiger partial charge in [0, 0.05) is 19.1 Å². The van der Waals surface area contributed by atoms with Crippen molar-refractivity contribution in [2.75, 3.05) is 20.2 Å². The van der Waals surface area contributed by atoms with Crippen molar-refractivity contribution in [3.63, 3.8) is 0 Å². The summed E-state index contributed by atoms with van der Waals surface area (Å²) in [5.74, 6) is -0.265. The number of methoxy groups -OCH3 is 1. The lowest BCUT2D eigenvalue weighted by Gasteiger charge is -2.36. The maximum atomic E-state index is 11.4. The number of aliphatic hydroxyl groups is 1. The molecule has 0 bridgehead atoms. The molecule has 0 amide bonds. The van der Waals surface area contributed by atoms with Crippen molar-refractivity contribution in [2.45, 2.75) is 38.8 Å². The fraction of sp³-hybridized carbons (Fsp3) is 0.909. The predicted molar refractivity (Wildman–Crippen MR) is 57.5 cm³/mol. The molecule has 0 aliphatic carbocycles. The van der Waals surface area contributed by atoms with Crippen molar-refractivity contribution in [3.05, 3.63) is 0 Å². The summed E-state index contributed by atoms with van der Waals surface area (Å²) in [6.07, 6.45) is 1.44. The van der Waals surface area contributed by atoms with Crippen LogP contribution < -0.4 is 0 Å². The normalized spacial score (nSPS) is 23.5. The number of esters is 1. The summed E-state index contributed by atoms with van der Waals surface area (Å²) in [4.78, 5) is 13.6. The van der Waals surface area contributed by atoms with Gasteiger partial charge in [-0.3, -0.25) is 9.69 Å². The van der Waals surface area contributed by atoms with E-state index >= 15 is 0 Å². The Balaban J connectivity index is 2.45. The number of carbonyl (C=O) groups is 1. The molecule has 2 unspecified atom stereocenters. The number of hydrogen-bond acceptors (Lipinski definition) is 4. The average Bonchev–Trinajstić information content (AvgIpc) is 2.27. The molecular weight excluding hydrogens is 194 g/mol. The summed E-state index contributed by atoms with van der Waals surface area (Å²) >= 11 is 0. The highest BCUT2D eigenvalue weighted by atomic mass is 16.5. The van der Waals surface area contributed by atoms with Gasteiger partial charge in [0.2, 0.25) is 0 Å². The van der Waals surface area contributed by atoms with Gasteiger partial charge < -0.3 is 9.84 Å². The summed E-state index contributed by atoms with van der Waals surface area (Å²) in [5.41, 5.74) is 0. The molecule has 1 aliphatic rings. The fourth-order valence-electron chi connectivity index (χ4n) is 1.99. The van der Waals surface area contributed by atoms with Crippen LogP contribution in [0.2, 0.25) is 0 Å². The first kappa shape index (κ1) is 12.5. The van der Waals surface area contributed by atoms with Gasteiger partial charge in [-0.1, -0.05) is 6.92 Å². The second kappa shape index (κ2) is 5.47. The van der Waals surface area contributed by atoms with Gasteiger partial charge in [0.25, 0.3) is 0 Å². The number of piperidine rings is 1. The third-order valence-electron chi connectivity index (χ3n) is 3.37.